The van der Waals surface area contributed by atoms with Gasteiger partial charge in [-0.2, -0.15) is 18.0 Å². The van der Waals surface area contributed by atoms with Crippen LogP contribution in [-0.2, 0) is 23.9 Å². The van der Waals surface area contributed by atoms with E-state index in [2.05, 4.69) is 10.4 Å². The second-order valence-electron chi connectivity index (χ2n) is 6.51. The number of benzene rings is 1. The maximum atomic E-state index is 13.2. The SMILES string of the molecule is O=C(Cc1cccc(F)c1)NCc1cc(C(F)(F)F)nn1N1CCCCC1. The van der Waals surface area contributed by atoms with Gasteiger partial charge in [-0.3, -0.25) is 9.80 Å². The third-order valence-electron chi connectivity index (χ3n) is 4.37. The zero-order valence-corrected chi connectivity index (χ0v) is 14.6. The fourth-order valence-electron chi connectivity index (χ4n) is 3.07. The number of rotatable bonds is 5. The average molecular weight is 384 g/mol. The first-order valence-electron chi connectivity index (χ1n) is 8.75. The quantitative estimate of drug-likeness (QED) is 0.807. The molecule has 5 nitrogen and oxygen atoms in total. The molecule has 0 radical (unpaired) electrons. The van der Waals surface area contributed by atoms with Crippen LogP contribution >= 0.6 is 0 Å². The van der Waals surface area contributed by atoms with E-state index in [1.165, 1.54) is 23.0 Å². The summed E-state index contributed by atoms with van der Waals surface area (Å²) >= 11 is 0. The molecule has 0 spiro atoms. The molecule has 0 bridgehead atoms. The first-order chi connectivity index (χ1) is 12.8. The van der Waals surface area contributed by atoms with Gasteiger partial charge in [-0.25, -0.2) is 4.39 Å². The summed E-state index contributed by atoms with van der Waals surface area (Å²) in [5, 5.41) is 8.05. The molecule has 9 heteroatoms. The van der Waals surface area contributed by atoms with Crippen molar-refractivity contribution >= 4 is 5.91 Å². The van der Waals surface area contributed by atoms with E-state index in [4.69, 9.17) is 0 Å². The zero-order valence-electron chi connectivity index (χ0n) is 14.6. The Morgan fingerprint density at radius 3 is 2.56 bits per heavy atom. The lowest BCUT2D eigenvalue weighted by molar-refractivity contribution is -0.141. The van der Waals surface area contributed by atoms with Crippen LogP contribution in [0.2, 0.25) is 0 Å². The molecule has 0 aliphatic carbocycles. The zero-order chi connectivity index (χ0) is 19.4. The first-order valence-corrected chi connectivity index (χ1v) is 8.75. The van der Waals surface area contributed by atoms with Crippen molar-refractivity contribution in [2.45, 2.75) is 38.4 Å². The Hall–Kier alpha value is -2.58. The summed E-state index contributed by atoms with van der Waals surface area (Å²) in [5.41, 5.74) is -0.229. The van der Waals surface area contributed by atoms with E-state index in [0.29, 0.717) is 18.7 Å². The summed E-state index contributed by atoms with van der Waals surface area (Å²) in [6.07, 6.45) is -1.81. The van der Waals surface area contributed by atoms with Crippen molar-refractivity contribution in [1.82, 2.24) is 15.2 Å². The largest absolute Gasteiger partial charge is 0.435 e. The van der Waals surface area contributed by atoms with Crippen LogP contribution in [0.25, 0.3) is 0 Å². The number of halogens is 4. The van der Waals surface area contributed by atoms with Gasteiger partial charge in [0.15, 0.2) is 5.69 Å². The summed E-state index contributed by atoms with van der Waals surface area (Å²) in [6, 6.07) is 6.59. The van der Waals surface area contributed by atoms with E-state index in [9.17, 15) is 22.4 Å². The van der Waals surface area contributed by atoms with Crippen LogP contribution in [-0.4, -0.2) is 28.9 Å². The number of nitrogens with one attached hydrogen (secondary N) is 1. The number of amides is 1. The van der Waals surface area contributed by atoms with E-state index in [1.54, 1.807) is 11.1 Å². The fraction of sp³-hybridized carbons (Fsp3) is 0.444. The molecular formula is C18H20F4N4O. The Morgan fingerprint density at radius 2 is 1.89 bits per heavy atom. The highest BCUT2D eigenvalue weighted by atomic mass is 19.4. The molecule has 2 aromatic rings. The predicted octanol–water partition coefficient (Wildman–Crippen LogP) is 3.02. The van der Waals surface area contributed by atoms with Gasteiger partial charge < -0.3 is 5.32 Å². The highest BCUT2D eigenvalue weighted by Crippen LogP contribution is 2.29. The maximum Gasteiger partial charge on any atom is 0.435 e. The Labute approximate surface area is 153 Å². The molecule has 0 saturated carbocycles. The summed E-state index contributed by atoms with van der Waals surface area (Å²) in [5.74, 6) is -0.848. The second kappa shape index (κ2) is 7.98. The molecule has 2 heterocycles. The van der Waals surface area contributed by atoms with E-state index in [0.717, 1.165) is 25.3 Å². The molecule has 1 aromatic carbocycles. The number of hydrogen-bond acceptors (Lipinski definition) is 3. The highest BCUT2D eigenvalue weighted by molar-refractivity contribution is 5.78. The van der Waals surface area contributed by atoms with Crippen molar-refractivity contribution in [2.24, 2.45) is 0 Å². The van der Waals surface area contributed by atoms with Crippen LogP contribution in [0.1, 0.15) is 36.2 Å². The van der Waals surface area contributed by atoms with Gasteiger partial charge in [0, 0.05) is 13.1 Å². The monoisotopic (exact) mass is 384 g/mol. The molecule has 146 valence electrons. The van der Waals surface area contributed by atoms with Crippen LogP contribution in [0.4, 0.5) is 17.6 Å². The molecule has 1 aromatic heterocycles. The minimum atomic E-state index is -4.55. The molecule has 1 amide bonds. The average Bonchev–Trinajstić information content (AvgIpc) is 3.05. The minimum Gasteiger partial charge on any atom is -0.350 e. The number of carbonyl (C=O) groups excluding carboxylic acids is 1. The Morgan fingerprint density at radius 1 is 1.15 bits per heavy atom. The second-order valence-corrected chi connectivity index (χ2v) is 6.51. The molecule has 1 aliphatic heterocycles. The normalized spacial score (nSPS) is 15.0. The van der Waals surface area contributed by atoms with E-state index >= 15 is 0 Å². The molecule has 1 N–H and O–H groups in total. The van der Waals surface area contributed by atoms with Crippen LogP contribution in [0.3, 0.4) is 0 Å². The molecule has 1 aliphatic rings. The number of alkyl halides is 3. The lowest BCUT2D eigenvalue weighted by Crippen LogP contribution is -2.42. The Kier molecular flexibility index (Phi) is 5.67. The fourth-order valence-corrected chi connectivity index (χ4v) is 3.07. The summed E-state index contributed by atoms with van der Waals surface area (Å²) in [6.45, 7) is 1.14. The standard InChI is InChI=1S/C18H20F4N4O/c19-14-6-4-5-13(9-14)10-17(27)23-12-15-11-16(18(20,21)22)24-26(15)25-7-2-1-3-8-25/h4-6,9,11H,1-3,7-8,10,12H2,(H,23,27). The van der Waals surface area contributed by atoms with Gasteiger partial charge in [0.2, 0.25) is 5.91 Å². The predicted molar refractivity (Wildman–Crippen MR) is 91.0 cm³/mol. The molecule has 27 heavy (non-hydrogen) atoms. The molecule has 1 saturated heterocycles. The summed E-state index contributed by atoms with van der Waals surface area (Å²) in [4.78, 5) is 13.3. The van der Waals surface area contributed by atoms with Gasteiger partial charge in [-0.15, -0.1) is 5.10 Å². The number of carbonyl (C=O) groups is 1. The van der Waals surface area contributed by atoms with Gasteiger partial charge >= 0.3 is 6.18 Å². The molecule has 1 fully saturated rings. The van der Waals surface area contributed by atoms with Crippen LogP contribution in [0.5, 0.6) is 0 Å². The Balaban J connectivity index is 1.70. The molecule has 0 unspecified atom stereocenters. The first kappa shape index (κ1) is 19.2. The van der Waals surface area contributed by atoms with E-state index in [1.807, 2.05) is 0 Å². The number of piperidine rings is 1. The van der Waals surface area contributed by atoms with Crippen LogP contribution < -0.4 is 10.3 Å². The Bertz CT molecular complexity index is 797. The summed E-state index contributed by atoms with van der Waals surface area (Å²) < 4.78 is 52.4. The number of nitrogens with zero attached hydrogens (tertiary/aromatic N) is 3. The van der Waals surface area contributed by atoms with Gasteiger partial charge in [-0.1, -0.05) is 12.1 Å². The third kappa shape index (κ3) is 4.99. The minimum absolute atomic E-state index is 0.0538. The molecule has 3 rings (SSSR count). The van der Waals surface area contributed by atoms with E-state index in [-0.39, 0.29) is 18.7 Å². The van der Waals surface area contributed by atoms with E-state index < -0.39 is 23.6 Å². The van der Waals surface area contributed by atoms with Crippen molar-refractivity contribution in [3.05, 3.63) is 53.1 Å². The van der Waals surface area contributed by atoms with Crippen molar-refractivity contribution in [1.29, 1.82) is 0 Å². The highest BCUT2D eigenvalue weighted by Gasteiger charge is 2.35. The van der Waals surface area contributed by atoms with Crippen LogP contribution in [0, 0.1) is 5.82 Å². The maximum absolute atomic E-state index is 13.2. The van der Waals surface area contributed by atoms with Crippen molar-refractivity contribution < 1.29 is 22.4 Å². The number of aromatic nitrogens is 2. The van der Waals surface area contributed by atoms with Gasteiger partial charge in [0.1, 0.15) is 5.82 Å². The van der Waals surface area contributed by atoms with Crippen molar-refractivity contribution in [3.63, 3.8) is 0 Å². The number of hydrogen-bond donors (Lipinski definition) is 1. The lowest BCUT2D eigenvalue weighted by atomic mass is 10.1. The van der Waals surface area contributed by atoms with Gasteiger partial charge in [0.25, 0.3) is 0 Å². The summed E-state index contributed by atoms with van der Waals surface area (Å²) in [7, 11) is 0. The molecule has 0 atom stereocenters. The van der Waals surface area contributed by atoms with Crippen LogP contribution in [0.15, 0.2) is 30.3 Å². The van der Waals surface area contributed by atoms with Gasteiger partial charge in [-0.05, 0) is 43.0 Å². The topological polar surface area (TPSA) is 50.2 Å². The third-order valence-corrected chi connectivity index (χ3v) is 4.37. The smallest absolute Gasteiger partial charge is 0.350 e. The van der Waals surface area contributed by atoms with Crippen molar-refractivity contribution in [3.8, 4) is 0 Å². The van der Waals surface area contributed by atoms with Crippen molar-refractivity contribution in [2.75, 3.05) is 18.1 Å². The lowest BCUT2D eigenvalue weighted by Gasteiger charge is -2.29. The van der Waals surface area contributed by atoms with Gasteiger partial charge in [0.05, 0.1) is 18.7 Å². The molecular weight excluding hydrogens is 364 g/mol.